The summed E-state index contributed by atoms with van der Waals surface area (Å²) in [5.74, 6) is 0.397. The van der Waals surface area contributed by atoms with Crippen molar-refractivity contribution in [1.29, 1.82) is 0 Å². The molecule has 3 heteroatoms. The van der Waals surface area contributed by atoms with E-state index >= 15 is 0 Å². The zero-order valence-corrected chi connectivity index (χ0v) is 9.88. The predicted molar refractivity (Wildman–Crippen MR) is 60.6 cm³/mol. The van der Waals surface area contributed by atoms with Gasteiger partial charge in [0.15, 0.2) is 0 Å². The molecule has 3 nitrogen and oxygen atoms in total. The highest BCUT2D eigenvalue weighted by Crippen LogP contribution is 2.35. The Bertz CT molecular complexity index is 242. The number of nitrogens with one attached hydrogen (secondary N) is 1. The molecule has 0 aromatic carbocycles. The molecule has 0 spiro atoms. The second kappa shape index (κ2) is 4.12. The molecular weight excluding hydrogens is 188 g/mol. The Morgan fingerprint density at radius 1 is 1.40 bits per heavy atom. The molecule has 2 aliphatic rings. The van der Waals surface area contributed by atoms with Crippen LogP contribution in [0.4, 0.5) is 0 Å². The zero-order valence-electron chi connectivity index (χ0n) is 9.88. The zero-order chi connectivity index (χ0) is 10.9. The van der Waals surface area contributed by atoms with E-state index in [-0.39, 0.29) is 5.41 Å². The molecule has 1 saturated heterocycles. The third-order valence-electron chi connectivity index (χ3n) is 3.81. The third-order valence-corrected chi connectivity index (χ3v) is 3.81. The number of hydrogen-bond acceptors (Lipinski definition) is 2. The van der Waals surface area contributed by atoms with Gasteiger partial charge in [-0.15, -0.1) is 0 Å². The molecule has 15 heavy (non-hydrogen) atoms. The average Bonchev–Trinajstić information content (AvgIpc) is 3.04. The summed E-state index contributed by atoms with van der Waals surface area (Å²) in [6, 6.07) is 0.564. The standard InChI is InChI=1S/C12H22N2O/c1-3-14(10-4-5-10)11(15)12(2)6-8-13-9-7-12/h10,13H,3-9H2,1-2H3. The monoisotopic (exact) mass is 210 g/mol. The van der Waals surface area contributed by atoms with Gasteiger partial charge in [0.25, 0.3) is 0 Å². The van der Waals surface area contributed by atoms with Crippen LogP contribution in [0.15, 0.2) is 0 Å². The quantitative estimate of drug-likeness (QED) is 0.763. The first-order valence-electron chi connectivity index (χ1n) is 6.19. The van der Waals surface area contributed by atoms with Gasteiger partial charge in [0.05, 0.1) is 0 Å². The lowest BCUT2D eigenvalue weighted by Gasteiger charge is -2.37. The normalized spacial score (nSPS) is 24.9. The van der Waals surface area contributed by atoms with Gasteiger partial charge in [0.1, 0.15) is 0 Å². The van der Waals surface area contributed by atoms with E-state index in [1.54, 1.807) is 0 Å². The predicted octanol–water partition coefficient (Wildman–Crippen LogP) is 1.39. The minimum absolute atomic E-state index is 0.0934. The van der Waals surface area contributed by atoms with Crippen LogP contribution in [0, 0.1) is 5.41 Å². The summed E-state index contributed by atoms with van der Waals surface area (Å²) in [6.07, 6.45) is 4.42. The topological polar surface area (TPSA) is 32.3 Å². The van der Waals surface area contributed by atoms with Crippen molar-refractivity contribution >= 4 is 5.91 Å². The highest BCUT2D eigenvalue weighted by Gasteiger charge is 2.41. The highest BCUT2D eigenvalue weighted by molar-refractivity contribution is 5.83. The van der Waals surface area contributed by atoms with Crippen LogP contribution in [-0.2, 0) is 4.79 Å². The molecule has 86 valence electrons. The largest absolute Gasteiger partial charge is 0.340 e. The lowest BCUT2D eigenvalue weighted by molar-refractivity contribution is -0.143. The molecule has 0 bridgehead atoms. The van der Waals surface area contributed by atoms with Gasteiger partial charge in [-0.2, -0.15) is 0 Å². The molecule has 0 aromatic rings. The number of rotatable bonds is 3. The van der Waals surface area contributed by atoms with Gasteiger partial charge in [-0.1, -0.05) is 6.92 Å². The summed E-state index contributed by atoms with van der Waals surface area (Å²) in [5, 5.41) is 3.33. The first kappa shape index (κ1) is 10.9. The van der Waals surface area contributed by atoms with Crippen LogP contribution in [-0.4, -0.2) is 36.5 Å². The van der Waals surface area contributed by atoms with Gasteiger partial charge < -0.3 is 10.2 Å². The first-order chi connectivity index (χ1) is 7.17. The smallest absolute Gasteiger partial charge is 0.228 e. The van der Waals surface area contributed by atoms with Crippen molar-refractivity contribution in [2.75, 3.05) is 19.6 Å². The number of carbonyl (C=O) groups is 1. The summed E-state index contributed by atoms with van der Waals surface area (Å²) in [5.41, 5.74) is -0.0934. The van der Waals surface area contributed by atoms with Gasteiger partial charge in [-0.3, -0.25) is 4.79 Å². The van der Waals surface area contributed by atoms with Crippen molar-refractivity contribution in [2.24, 2.45) is 5.41 Å². The lowest BCUT2D eigenvalue weighted by Crippen LogP contribution is -2.48. The van der Waals surface area contributed by atoms with E-state index in [0.717, 1.165) is 32.5 Å². The molecule has 1 aliphatic carbocycles. The Hall–Kier alpha value is -0.570. The molecule has 2 rings (SSSR count). The number of nitrogens with zero attached hydrogens (tertiary/aromatic N) is 1. The van der Waals surface area contributed by atoms with E-state index in [4.69, 9.17) is 0 Å². The molecule has 0 radical (unpaired) electrons. The molecule has 1 heterocycles. The van der Waals surface area contributed by atoms with Gasteiger partial charge in [0, 0.05) is 18.0 Å². The van der Waals surface area contributed by atoms with E-state index < -0.39 is 0 Å². The van der Waals surface area contributed by atoms with Crippen LogP contribution in [0.5, 0.6) is 0 Å². The molecule has 0 atom stereocenters. The summed E-state index contributed by atoms with van der Waals surface area (Å²) in [6.45, 7) is 7.10. The van der Waals surface area contributed by atoms with E-state index in [1.807, 2.05) is 0 Å². The van der Waals surface area contributed by atoms with Crippen molar-refractivity contribution in [3.05, 3.63) is 0 Å². The lowest BCUT2D eigenvalue weighted by atomic mass is 9.79. The Labute approximate surface area is 92.2 Å². The van der Waals surface area contributed by atoms with Gasteiger partial charge in [-0.05, 0) is 45.7 Å². The fraction of sp³-hybridized carbons (Fsp3) is 0.917. The Balaban J connectivity index is 2.03. The third kappa shape index (κ3) is 2.17. The number of amides is 1. The van der Waals surface area contributed by atoms with E-state index in [9.17, 15) is 4.79 Å². The highest BCUT2D eigenvalue weighted by atomic mass is 16.2. The van der Waals surface area contributed by atoms with Crippen molar-refractivity contribution in [1.82, 2.24) is 10.2 Å². The SMILES string of the molecule is CCN(C(=O)C1(C)CCNCC1)C1CC1. The molecular formula is C12H22N2O. The molecule has 0 unspecified atom stereocenters. The van der Waals surface area contributed by atoms with Crippen molar-refractivity contribution in [3.8, 4) is 0 Å². The van der Waals surface area contributed by atoms with Crippen LogP contribution >= 0.6 is 0 Å². The average molecular weight is 210 g/mol. The first-order valence-corrected chi connectivity index (χ1v) is 6.19. The van der Waals surface area contributed by atoms with Crippen molar-refractivity contribution in [2.45, 2.75) is 45.6 Å². The van der Waals surface area contributed by atoms with Gasteiger partial charge in [-0.25, -0.2) is 0 Å². The van der Waals surface area contributed by atoms with Crippen molar-refractivity contribution < 1.29 is 4.79 Å². The summed E-state index contributed by atoms with van der Waals surface area (Å²) < 4.78 is 0. The maximum absolute atomic E-state index is 12.4. The Kier molecular flexibility index (Phi) is 3.01. The molecule has 1 N–H and O–H groups in total. The maximum Gasteiger partial charge on any atom is 0.228 e. The maximum atomic E-state index is 12.4. The van der Waals surface area contributed by atoms with Gasteiger partial charge >= 0.3 is 0 Å². The summed E-state index contributed by atoms with van der Waals surface area (Å²) >= 11 is 0. The van der Waals surface area contributed by atoms with Crippen molar-refractivity contribution in [3.63, 3.8) is 0 Å². The molecule has 1 saturated carbocycles. The fourth-order valence-corrected chi connectivity index (χ4v) is 2.49. The van der Waals surface area contributed by atoms with Crippen LogP contribution < -0.4 is 5.32 Å². The van der Waals surface area contributed by atoms with Crippen LogP contribution in [0.2, 0.25) is 0 Å². The Morgan fingerprint density at radius 3 is 2.47 bits per heavy atom. The van der Waals surface area contributed by atoms with Crippen LogP contribution in [0.3, 0.4) is 0 Å². The second-order valence-corrected chi connectivity index (χ2v) is 5.13. The second-order valence-electron chi connectivity index (χ2n) is 5.13. The summed E-state index contributed by atoms with van der Waals surface area (Å²) in [4.78, 5) is 14.5. The summed E-state index contributed by atoms with van der Waals surface area (Å²) in [7, 11) is 0. The fourth-order valence-electron chi connectivity index (χ4n) is 2.49. The number of hydrogen-bond donors (Lipinski definition) is 1. The molecule has 0 aromatic heterocycles. The number of carbonyl (C=O) groups excluding carboxylic acids is 1. The van der Waals surface area contributed by atoms with E-state index in [1.165, 1.54) is 12.8 Å². The minimum atomic E-state index is -0.0934. The van der Waals surface area contributed by atoms with Crippen LogP contribution in [0.1, 0.15) is 39.5 Å². The molecule has 1 amide bonds. The van der Waals surface area contributed by atoms with E-state index in [0.29, 0.717) is 11.9 Å². The van der Waals surface area contributed by atoms with E-state index in [2.05, 4.69) is 24.1 Å². The minimum Gasteiger partial charge on any atom is -0.340 e. The Morgan fingerprint density at radius 2 is 2.00 bits per heavy atom. The van der Waals surface area contributed by atoms with Gasteiger partial charge in [0.2, 0.25) is 5.91 Å². The number of piperidine rings is 1. The molecule has 1 aliphatic heterocycles. The van der Waals surface area contributed by atoms with Crippen LogP contribution in [0.25, 0.3) is 0 Å². The molecule has 2 fully saturated rings.